The number of ether oxygens (including phenoxy) is 2. The van der Waals surface area contributed by atoms with Crippen molar-refractivity contribution < 1.29 is 14.3 Å². The topological polar surface area (TPSA) is 93.3 Å². The molecule has 0 aliphatic carbocycles. The molecular weight excluding hydrogens is 370 g/mol. The van der Waals surface area contributed by atoms with E-state index in [0.29, 0.717) is 35.3 Å². The van der Waals surface area contributed by atoms with Crippen LogP contribution in [-0.2, 0) is 4.79 Å². The molecule has 3 aromatic rings. The van der Waals surface area contributed by atoms with E-state index in [4.69, 9.17) is 9.47 Å². The number of aromatic amines is 1. The third-order valence-electron chi connectivity index (χ3n) is 4.89. The Bertz CT molecular complexity index is 1110. The first kappa shape index (κ1) is 18.7. The van der Waals surface area contributed by atoms with E-state index < -0.39 is 5.92 Å². The first-order valence-corrected chi connectivity index (χ1v) is 9.41. The first-order chi connectivity index (χ1) is 14.1. The summed E-state index contributed by atoms with van der Waals surface area (Å²) in [7, 11) is 1.56. The summed E-state index contributed by atoms with van der Waals surface area (Å²) in [6.07, 6.45) is 0.152. The molecule has 1 aliphatic rings. The molecule has 1 atom stereocenters. The quantitative estimate of drug-likeness (QED) is 0.696. The number of nitrogens with zero attached hydrogens (tertiary/aromatic N) is 1. The van der Waals surface area contributed by atoms with E-state index in [9.17, 15) is 9.59 Å². The number of nitrogens with one attached hydrogen (secondary N) is 2. The molecule has 148 valence electrons. The van der Waals surface area contributed by atoms with Crippen LogP contribution in [-0.4, -0.2) is 29.6 Å². The minimum Gasteiger partial charge on any atom is -0.493 e. The van der Waals surface area contributed by atoms with Gasteiger partial charge in [-0.1, -0.05) is 36.4 Å². The van der Waals surface area contributed by atoms with Crippen LogP contribution in [0.1, 0.15) is 30.4 Å². The predicted molar refractivity (Wildman–Crippen MR) is 110 cm³/mol. The molecule has 1 amide bonds. The van der Waals surface area contributed by atoms with Gasteiger partial charge in [0.05, 0.1) is 19.3 Å². The number of fused-ring (bicyclic) bond motifs is 1. The highest BCUT2D eigenvalue weighted by Gasteiger charge is 2.31. The summed E-state index contributed by atoms with van der Waals surface area (Å²) in [5.41, 5.74) is 1.73. The number of methoxy groups -OCH3 is 1. The molecule has 1 aromatic heterocycles. The van der Waals surface area contributed by atoms with Gasteiger partial charge in [0.1, 0.15) is 11.6 Å². The standard InChI is InChI=1S/C22H21N3O4/c1-3-29-16-10-9-14(11-17(16)28-2)15-12-18(26)23-21-19(15)22(27)25-20(24-21)13-7-5-4-6-8-13/h4-11,15H,3,12H2,1-2H3,(H2,23,24,25,26,27)/t15-/m0/s1. The molecule has 2 heterocycles. The van der Waals surface area contributed by atoms with Crippen LogP contribution >= 0.6 is 0 Å². The van der Waals surface area contributed by atoms with Crippen LogP contribution in [0.4, 0.5) is 5.82 Å². The highest BCUT2D eigenvalue weighted by atomic mass is 16.5. The number of amides is 1. The number of hydrogen-bond donors (Lipinski definition) is 2. The number of carbonyl (C=O) groups excluding carboxylic acids is 1. The van der Waals surface area contributed by atoms with Gasteiger partial charge in [-0.3, -0.25) is 9.59 Å². The molecule has 0 unspecified atom stereocenters. The molecule has 7 nitrogen and oxygen atoms in total. The zero-order valence-electron chi connectivity index (χ0n) is 16.2. The van der Waals surface area contributed by atoms with Gasteiger partial charge < -0.3 is 19.8 Å². The summed E-state index contributed by atoms with van der Waals surface area (Å²) in [5.74, 6) is 1.27. The number of carbonyl (C=O) groups is 1. The van der Waals surface area contributed by atoms with Gasteiger partial charge in [0, 0.05) is 17.9 Å². The normalized spacial score (nSPS) is 15.4. The summed E-state index contributed by atoms with van der Waals surface area (Å²) in [5, 5.41) is 2.74. The van der Waals surface area contributed by atoms with Gasteiger partial charge in [0.15, 0.2) is 11.5 Å². The Kier molecular flexibility index (Phi) is 5.03. The number of benzene rings is 2. The van der Waals surface area contributed by atoms with Gasteiger partial charge in [-0.25, -0.2) is 4.98 Å². The zero-order chi connectivity index (χ0) is 20.4. The lowest BCUT2D eigenvalue weighted by atomic mass is 9.86. The maximum absolute atomic E-state index is 13.0. The Hall–Kier alpha value is -3.61. The second kappa shape index (κ2) is 7.79. The average Bonchev–Trinajstić information content (AvgIpc) is 2.74. The zero-order valence-corrected chi connectivity index (χ0v) is 16.2. The molecule has 0 fully saturated rings. The largest absolute Gasteiger partial charge is 0.493 e. The molecule has 1 aliphatic heterocycles. The second-order valence-corrected chi connectivity index (χ2v) is 6.69. The maximum atomic E-state index is 13.0. The van der Waals surface area contributed by atoms with Crippen molar-refractivity contribution >= 4 is 11.7 Å². The Morgan fingerprint density at radius 3 is 2.62 bits per heavy atom. The fourth-order valence-electron chi connectivity index (χ4n) is 3.56. The van der Waals surface area contributed by atoms with Crippen molar-refractivity contribution in [3.8, 4) is 22.9 Å². The Morgan fingerprint density at radius 1 is 1.10 bits per heavy atom. The third-order valence-corrected chi connectivity index (χ3v) is 4.89. The lowest BCUT2D eigenvalue weighted by molar-refractivity contribution is -0.116. The van der Waals surface area contributed by atoms with Crippen molar-refractivity contribution in [3.05, 3.63) is 70.0 Å². The number of hydrogen-bond acceptors (Lipinski definition) is 5. The number of rotatable bonds is 5. The molecule has 2 N–H and O–H groups in total. The molecule has 4 rings (SSSR count). The van der Waals surface area contributed by atoms with Crippen LogP contribution in [0.3, 0.4) is 0 Å². The number of aromatic nitrogens is 2. The van der Waals surface area contributed by atoms with E-state index in [1.54, 1.807) is 13.2 Å². The van der Waals surface area contributed by atoms with E-state index in [-0.39, 0.29) is 17.9 Å². The fraction of sp³-hybridized carbons (Fsp3) is 0.227. The van der Waals surface area contributed by atoms with Crippen molar-refractivity contribution in [1.29, 1.82) is 0 Å². The summed E-state index contributed by atoms with van der Waals surface area (Å²) >= 11 is 0. The van der Waals surface area contributed by atoms with Gasteiger partial charge in [0.2, 0.25) is 5.91 Å². The van der Waals surface area contributed by atoms with E-state index in [0.717, 1.165) is 11.1 Å². The van der Waals surface area contributed by atoms with Gasteiger partial charge in [-0.05, 0) is 24.6 Å². The predicted octanol–water partition coefficient (Wildman–Crippen LogP) is 3.32. The SMILES string of the molecule is CCOc1ccc([C@@H]2CC(=O)Nc3nc(-c4ccccc4)[nH]c(=O)c32)cc1OC. The molecule has 7 heteroatoms. The highest BCUT2D eigenvalue weighted by Crippen LogP contribution is 2.38. The molecule has 0 saturated heterocycles. The third kappa shape index (κ3) is 3.59. The molecule has 0 saturated carbocycles. The van der Waals surface area contributed by atoms with Crippen molar-refractivity contribution in [2.45, 2.75) is 19.3 Å². The molecule has 0 bridgehead atoms. The summed E-state index contributed by atoms with van der Waals surface area (Å²) in [6, 6.07) is 14.8. The minimum atomic E-state index is -0.426. The van der Waals surface area contributed by atoms with Crippen LogP contribution in [0.25, 0.3) is 11.4 Å². The summed E-state index contributed by atoms with van der Waals surface area (Å²) < 4.78 is 11.0. The monoisotopic (exact) mass is 391 g/mol. The maximum Gasteiger partial charge on any atom is 0.257 e. The van der Waals surface area contributed by atoms with Crippen molar-refractivity contribution in [1.82, 2.24) is 9.97 Å². The molecule has 0 spiro atoms. The highest BCUT2D eigenvalue weighted by molar-refractivity contribution is 5.94. The molecule has 0 radical (unpaired) electrons. The van der Waals surface area contributed by atoms with Crippen LogP contribution in [0.5, 0.6) is 11.5 Å². The van der Waals surface area contributed by atoms with Crippen LogP contribution in [0.2, 0.25) is 0 Å². The van der Waals surface area contributed by atoms with Crippen molar-refractivity contribution in [2.24, 2.45) is 0 Å². The Labute approximate surface area is 167 Å². The van der Waals surface area contributed by atoms with E-state index in [1.807, 2.05) is 49.4 Å². The van der Waals surface area contributed by atoms with E-state index >= 15 is 0 Å². The van der Waals surface area contributed by atoms with E-state index in [1.165, 1.54) is 0 Å². The Balaban J connectivity index is 1.81. The smallest absolute Gasteiger partial charge is 0.257 e. The second-order valence-electron chi connectivity index (χ2n) is 6.69. The van der Waals surface area contributed by atoms with Crippen molar-refractivity contribution in [3.63, 3.8) is 0 Å². The lowest BCUT2D eigenvalue weighted by Crippen LogP contribution is -2.31. The van der Waals surface area contributed by atoms with E-state index in [2.05, 4.69) is 15.3 Å². The van der Waals surface area contributed by atoms with Gasteiger partial charge in [-0.15, -0.1) is 0 Å². The van der Waals surface area contributed by atoms with Crippen molar-refractivity contribution in [2.75, 3.05) is 19.0 Å². The summed E-state index contributed by atoms with van der Waals surface area (Å²) in [4.78, 5) is 32.7. The lowest BCUT2D eigenvalue weighted by Gasteiger charge is -2.25. The fourth-order valence-corrected chi connectivity index (χ4v) is 3.56. The minimum absolute atomic E-state index is 0.152. The first-order valence-electron chi connectivity index (χ1n) is 9.41. The van der Waals surface area contributed by atoms with Gasteiger partial charge in [-0.2, -0.15) is 0 Å². The van der Waals surface area contributed by atoms with Crippen LogP contribution in [0.15, 0.2) is 53.3 Å². The van der Waals surface area contributed by atoms with Gasteiger partial charge >= 0.3 is 0 Å². The molecular formula is C22H21N3O4. The number of anilines is 1. The average molecular weight is 391 g/mol. The molecule has 29 heavy (non-hydrogen) atoms. The summed E-state index contributed by atoms with van der Waals surface area (Å²) in [6.45, 7) is 2.40. The Morgan fingerprint density at radius 2 is 1.90 bits per heavy atom. The number of H-pyrrole nitrogens is 1. The van der Waals surface area contributed by atoms with Crippen LogP contribution < -0.4 is 20.3 Å². The molecule has 2 aromatic carbocycles. The van der Waals surface area contributed by atoms with Crippen LogP contribution in [0, 0.1) is 0 Å². The van der Waals surface area contributed by atoms with Gasteiger partial charge in [0.25, 0.3) is 5.56 Å².